The average Bonchev–Trinajstić information content (AvgIpc) is 2.63. The monoisotopic (exact) mass is 405 g/mol. The van der Waals surface area contributed by atoms with Gasteiger partial charge in [0.15, 0.2) is 0 Å². The van der Waals surface area contributed by atoms with E-state index < -0.39 is 10.9 Å². The van der Waals surface area contributed by atoms with E-state index in [1.165, 1.54) is 6.07 Å². The molecule has 1 aliphatic rings. The lowest BCUT2D eigenvalue weighted by Crippen LogP contribution is -2.34. The second-order valence-corrected chi connectivity index (χ2v) is 6.07. The van der Waals surface area contributed by atoms with Gasteiger partial charge in [-0.3, -0.25) is 19.8 Å². The van der Waals surface area contributed by atoms with Crippen LogP contribution in [0.4, 0.5) is 11.4 Å². The van der Waals surface area contributed by atoms with Crippen LogP contribution in [0.5, 0.6) is 0 Å². The van der Waals surface area contributed by atoms with Crippen molar-refractivity contribution in [2.75, 3.05) is 37.6 Å². The third-order valence-electron chi connectivity index (χ3n) is 3.43. The van der Waals surface area contributed by atoms with Crippen LogP contribution in [0.3, 0.4) is 0 Å². The molecule has 0 unspecified atom stereocenters. The Labute approximate surface area is 135 Å². The zero-order valence-electron chi connectivity index (χ0n) is 11.4. The topological polar surface area (TPSA) is 86.9 Å². The van der Waals surface area contributed by atoms with Crippen molar-refractivity contribution < 1.29 is 14.8 Å². The van der Waals surface area contributed by atoms with Crippen LogP contribution in [0.1, 0.15) is 6.42 Å². The minimum absolute atomic E-state index is 0.0607. The number of carboxylic acids is 1. The highest BCUT2D eigenvalue weighted by Crippen LogP contribution is 2.27. The van der Waals surface area contributed by atoms with Crippen molar-refractivity contribution in [2.45, 2.75) is 6.42 Å². The molecule has 1 N–H and O–H groups in total. The van der Waals surface area contributed by atoms with Gasteiger partial charge < -0.3 is 10.0 Å². The van der Waals surface area contributed by atoms with E-state index in [1.54, 1.807) is 12.1 Å². The van der Waals surface area contributed by atoms with Gasteiger partial charge in [-0.05, 0) is 35.1 Å². The molecule has 0 spiro atoms. The quantitative estimate of drug-likeness (QED) is 0.467. The van der Waals surface area contributed by atoms with Gasteiger partial charge in [0.25, 0.3) is 5.69 Å². The summed E-state index contributed by atoms with van der Waals surface area (Å²) >= 11 is 2.11. The number of halogens is 1. The number of non-ortho nitro benzene ring substituents is 1. The van der Waals surface area contributed by atoms with Gasteiger partial charge in [0.1, 0.15) is 0 Å². The Bertz CT molecular complexity index is 552. The average molecular weight is 405 g/mol. The lowest BCUT2D eigenvalue weighted by molar-refractivity contribution is -0.384. The normalized spacial score (nSPS) is 16.5. The molecule has 0 atom stereocenters. The molecule has 0 amide bonds. The molecule has 114 valence electrons. The van der Waals surface area contributed by atoms with Gasteiger partial charge in [0, 0.05) is 41.9 Å². The smallest absolute Gasteiger partial charge is 0.317 e. The highest BCUT2D eigenvalue weighted by Gasteiger charge is 2.19. The van der Waals surface area contributed by atoms with E-state index in [2.05, 4.69) is 27.5 Å². The molecule has 0 aromatic heterocycles. The maximum atomic E-state index is 10.8. The summed E-state index contributed by atoms with van der Waals surface area (Å²) in [6.07, 6.45) is 0.875. The molecule has 1 aromatic rings. The lowest BCUT2D eigenvalue weighted by atomic mass is 10.2. The SMILES string of the molecule is O=C(O)CN1CCCN(c2ccc([N+](=O)[O-])cc2I)CC1. The lowest BCUT2D eigenvalue weighted by Gasteiger charge is -2.24. The predicted molar refractivity (Wildman–Crippen MR) is 86.7 cm³/mol. The first-order valence-corrected chi connectivity index (χ1v) is 7.68. The Balaban J connectivity index is 2.08. The number of aliphatic carboxylic acids is 1. The van der Waals surface area contributed by atoms with Crippen molar-refractivity contribution in [3.05, 3.63) is 31.9 Å². The minimum Gasteiger partial charge on any atom is -0.480 e. The van der Waals surface area contributed by atoms with Crippen LogP contribution >= 0.6 is 22.6 Å². The number of benzene rings is 1. The zero-order valence-corrected chi connectivity index (χ0v) is 13.5. The van der Waals surface area contributed by atoms with Crippen molar-refractivity contribution in [1.82, 2.24) is 4.90 Å². The molecule has 1 aliphatic heterocycles. The number of nitro benzene ring substituents is 1. The molecule has 0 radical (unpaired) electrons. The number of nitrogens with zero attached hydrogens (tertiary/aromatic N) is 3. The van der Waals surface area contributed by atoms with Crippen LogP contribution in [-0.4, -0.2) is 53.6 Å². The maximum absolute atomic E-state index is 10.8. The maximum Gasteiger partial charge on any atom is 0.317 e. The van der Waals surface area contributed by atoms with Crippen molar-refractivity contribution in [2.24, 2.45) is 0 Å². The third-order valence-corrected chi connectivity index (χ3v) is 4.29. The molecule has 0 aliphatic carbocycles. The van der Waals surface area contributed by atoms with E-state index in [0.29, 0.717) is 6.54 Å². The number of rotatable bonds is 4. The highest BCUT2D eigenvalue weighted by atomic mass is 127. The minimum atomic E-state index is -0.812. The molecule has 1 fully saturated rings. The Morgan fingerprint density at radius 1 is 1.33 bits per heavy atom. The number of carboxylic acid groups (broad SMARTS) is 1. The van der Waals surface area contributed by atoms with E-state index in [-0.39, 0.29) is 12.2 Å². The summed E-state index contributed by atoms with van der Waals surface area (Å²) in [5.41, 5.74) is 1.06. The molecule has 0 saturated carbocycles. The summed E-state index contributed by atoms with van der Waals surface area (Å²) in [5, 5.41) is 19.6. The number of hydrogen-bond donors (Lipinski definition) is 1. The van der Waals surface area contributed by atoms with Crippen LogP contribution in [0.25, 0.3) is 0 Å². The van der Waals surface area contributed by atoms with E-state index in [1.807, 2.05) is 4.90 Å². The van der Waals surface area contributed by atoms with Crippen LogP contribution in [0, 0.1) is 13.7 Å². The fraction of sp³-hybridized carbons (Fsp3) is 0.462. The summed E-state index contributed by atoms with van der Waals surface area (Å²) in [6, 6.07) is 4.85. The number of hydrogen-bond acceptors (Lipinski definition) is 5. The largest absolute Gasteiger partial charge is 0.480 e. The molecule has 2 rings (SSSR count). The standard InChI is InChI=1S/C13H16IN3O4/c14-11-8-10(17(20)21)2-3-12(11)16-5-1-4-15(6-7-16)9-13(18)19/h2-3,8H,1,4-7,9H2,(H,18,19). The van der Waals surface area contributed by atoms with Gasteiger partial charge in [-0.25, -0.2) is 0 Å². The Morgan fingerprint density at radius 3 is 2.71 bits per heavy atom. The van der Waals surface area contributed by atoms with Crippen LogP contribution in [0.2, 0.25) is 0 Å². The van der Waals surface area contributed by atoms with Gasteiger partial charge in [-0.2, -0.15) is 0 Å². The molecule has 1 saturated heterocycles. The second-order valence-electron chi connectivity index (χ2n) is 4.90. The summed E-state index contributed by atoms with van der Waals surface area (Å²) in [7, 11) is 0. The summed E-state index contributed by atoms with van der Waals surface area (Å²) in [6.45, 7) is 3.04. The number of nitro groups is 1. The van der Waals surface area contributed by atoms with E-state index in [9.17, 15) is 14.9 Å². The van der Waals surface area contributed by atoms with Crippen LogP contribution in [-0.2, 0) is 4.79 Å². The Kier molecular flexibility index (Phi) is 5.34. The van der Waals surface area contributed by atoms with Crippen molar-refractivity contribution in [1.29, 1.82) is 0 Å². The van der Waals surface area contributed by atoms with Gasteiger partial charge in [0.2, 0.25) is 0 Å². The first kappa shape index (κ1) is 16.0. The van der Waals surface area contributed by atoms with Crippen LogP contribution < -0.4 is 4.90 Å². The zero-order chi connectivity index (χ0) is 15.4. The third kappa shape index (κ3) is 4.27. The van der Waals surface area contributed by atoms with Crippen LogP contribution in [0.15, 0.2) is 18.2 Å². The number of anilines is 1. The fourth-order valence-electron chi connectivity index (χ4n) is 2.43. The second kappa shape index (κ2) is 7.03. The van der Waals surface area contributed by atoms with E-state index in [4.69, 9.17) is 5.11 Å². The van der Waals surface area contributed by atoms with Gasteiger partial charge in [-0.1, -0.05) is 0 Å². The predicted octanol–water partition coefficient (Wildman–Crippen LogP) is 1.80. The molecule has 21 heavy (non-hydrogen) atoms. The van der Waals surface area contributed by atoms with E-state index in [0.717, 1.165) is 35.3 Å². The molecule has 1 heterocycles. The van der Waals surface area contributed by atoms with Gasteiger partial charge >= 0.3 is 5.97 Å². The molecule has 0 bridgehead atoms. The number of carbonyl (C=O) groups is 1. The first-order valence-electron chi connectivity index (χ1n) is 6.60. The van der Waals surface area contributed by atoms with E-state index >= 15 is 0 Å². The molecule has 1 aromatic carbocycles. The Morgan fingerprint density at radius 2 is 2.10 bits per heavy atom. The summed E-state index contributed by atoms with van der Waals surface area (Å²) in [5.74, 6) is -0.812. The van der Waals surface area contributed by atoms with Gasteiger partial charge in [0.05, 0.1) is 17.2 Å². The molecule has 7 nitrogen and oxygen atoms in total. The van der Waals surface area contributed by atoms with Crippen molar-refractivity contribution in [3.8, 4) is 0 Å². The molecular weight excluding hydrogens is 389 g/mol. The first-order chi connectivity index (χ1) is 9.97. The van der Waals surface area contributed by atoms with Crippen molar-refractivity contribution in [3.63, 3.8) is 0 Å². The summed E-state index contributed by atoms with van der Waals surface area (Å²) < 4.78 is 0.841. The molecular formula is C13H16IN3O4. The van der Waals surface area contributed by atoms with Crippen molar-refractivity contribution >= 4 is 39.9 Å². The highest BCUT2D eigenvalue weighted by molar-refractivity contribution is 14.1. The summed E-state index contributed by atoms with van der Waals surface area (Å²) in [4.78, 5) is 25.2. The Hall–Kier alpha value is -1.42. The molecule has 8 heteroatoms. The van der Waals surface area contributed by atoms with Gasteiger partial charge in [-0.15, -0.1) is 0 Å². The fourth-order valence-corrected chi connectivity index (χ4v) is 3.27.